The first-order valence-electron chi connectivity index (χ1n) is 7.13. The lowest BCUT2D eigenvalue weighted by atomic mass is 9.89. The van der Waals surface area contributed by atoms with Gasteiger partial charge in [-0.1, -0.05) is 19.1 Å². The highest BCUT2D eigenvalue weighted by Crippen LogP contribution is 2.26. The molecule has 0 aromatic heterocycles. The van der Waals surface area contributed by atoms with Crippen LogP contribution in [0.3, 0.4) is 0 Å². The van der Waals surface area contributed by atoms with E-state index in [1.165, 1.54) is 5.56 Å². The van der Waals surface area contributed by atoms with Crippen LogP contribution in [-0.4, -0.2) is 46.0 Å². The van der Waals surface area contributed by atoms with Crippen LogP contribution in [0.25, 0.3) is 0 Å². The van der Waals surface area contributed by atoms with Gasteiger partial charge in [0.25, 0.3) is 0 Å². The van der Waals surface area contributed by atoms with Crippen molar-refractivity contribution in [2.45, 2.75) is 25.3 Å². The summed E-state index contributed by atoms with van der Waals surface area (Å²) < 4.78 is 5.33. The fraction of sp³-hybridized carbons (Fsp3) is 0.600. The van der Waals surface area contributed by atoms with Crippen LogP contribution in [0.15, 0.2) is 24.3 Å². The Hall–Kier alpha value is -1.14. The minimum atomic E-state index is 0.340. The van der Waals surface area contributed by atoms with Gasteiger partial charge in [0.15, 0.2) is 0 Å². The molecule has 0 aliphatic carbocycles. The third-order valence-corrected chi connectivity index (χ3v) is 3.74. The Bertz CT molecular complexity index is 382. The van der Waals surface area contributed by atoms with Gasteiger partial charge in [-0.15, -0.1) is 0 Å². The van der Waals surface area contributed by atoms with Gasteiger partial charge < -0.3 is 10.1 Å². The quantitative estimate of drug-likeness (QED) is 0.596. The molecule has 0 radical (unpaired) electrons. The molecule has 0 bridgehead atoms. The van der Waals surface area contributed by atoms with Gasteiger partial charge in [-0.3, -0.25) is 0 Å². The molecule has 0 unspecified atom stereocenters. The number of nitrogens with zero attached hydrogens (tertiary/aromatic N) is 1. The van der Waals surface area contributed by atoms with Crippen LogP contribution in [-0.2, 0) is 0 Å². The lowest BCUT2D eigenvalue weighted by molar-refractivity contribution is 0.122. The second-order valence-electron chi connectivity index (χ2n) is 4.74. The molecule has 5 heteroatoms. The van der Waals surface area contributed by atoms with Crippen molar-refractivity contribution in [3.8, 4) is 5.75 Å². The summed E-state index contributed by atoms with van der Waals surface area (Å²) in [4.78, 5) is 0. The van der Waals surface area contributed by atoms with Crippen LogP contribution in [0.1, 0.15) is 24.8 Å². The lowest BCUT2D eigenvalue weighted by Gasteiger charge is -2.31. The van der Waals surface area contributed by atoms with E-state index in [0.717, 1.165) is 18.7 Å². The molecule has 0 spiro atoms. The third-order valence-electron chi connectivity index (χ3n) is 3.74. The van der Waals surface area contributed by atoms with E-state index in [2.05, 4.69) is 41.3 Å². The lowest BCUT2D eigenvalue weighted by Crippen LogP contribution is -2.52. The summed E-state index contributed by atoms with van der Waals surface area (Å²) in [5, 5.41) is 5.40. The standard InChI is InChI=1S/C15H28N4O/c1-6-14(12-8-7-9-13(10-12)20-5)15(16-2)11-19(17-3)18-4/h7-10,14-18H,6,11H2,1-5H3/t14-,15+/m1/s1. The SMILES string of the molecule is CC[C@H](c1cccc(OC)c1)[C@H](CN(NC)NC)NC. The summed E-state index contributed by atoms with van der Waals surface area (Å²) in [5.41, 5.74) is 7.56. The number of methoxy groups -OCH3 is 1. The summed E-state index contributed by atoms with van der Waals surface area (Å²) in [6.45, 7) is 3.08. The van der Waals surface area contributed by atoms with E-state index in [1.807, 2.05) is 32.3 Å². The Kier molecular flexibility index (Phi) is 7.54. The monoisotopic (exact) mass is 280 g/mol. The van der Waals surface area contributed by atoms with Gasteiger partial charge in [0.05, 0.1) is 7.11 Å². The number of hydrogen-bond donors (Lipinski definition) is 3. The fourth-order valence-corrected chi connectivity index (χ4v) is 2.54. The van der Waals surface area contributed by atoms with Gasteiger partial charge in [-0.25, -0.2) is 10.9 Å². The maximum absolute atomic E-state index is 5.33. The smallest absolute Gasteiger partial charge is 0.119 e. The van der Waals surface area contributed by atoms with Crippen molar-refractivity contribution >= 4 is 0 Å². The predicted molar refractivity (Wildman–Crippen MR) is 83.7 cm³/mol. The fourth-order valence-electron chi connectivity index (χ4n) is 2.54. The van der Waals surface area contributed by atoms with Gasteiger partial charge >= 0.3 is 0 Å². The number of rotatable bonds is 9. The van der Waals surface area contributed by atoms with Crippen molar-refractivity contribution in [3.63, 3.8) is 0 Å². The van der Waals surface area contributed by atoms with Crippen molar-refractivity contribution in [2.24, 2.45) is 0 Å². The van der Waals surface area contributed by atoms with Gasteiger partial charge in [-0.05, 0) is 31.2 Å². The van der Waals surface area contributed by atoms with E-state index in [4.69, 9.17) is 4.74 Å². The molecule has 114 valence electrons. The molecule has 5 nitrogen and oxygen atoms in total. The average Bonchev–Trinajstić information content (AvgIpc) is 2.51. The maximum Gasteiger partial charge on any atom is 0.119 e. The van der Waals surface area contributed by atoms with E-state index in [1.54, 1.807) is 7.11 Å². The number of hydrogen-bond acceptors (Lipinski definition) is 5. The summed E-state index contributed by atoms with van der Waals surface area (Å²) >= 11 is 0. The Morgan fingerprint density at radius 2 is 1.90 bits per heavy atom. The number of likely N-dealkylation sites (N-methyl/N-ethyl adjacent to an activating group) is 1. The van der Waals surface area contributed by atoms with Crippen LogP contribution < -0.4 is 20.9 Å². The minimum absolute atomic E-state index is 0.340. The van der Waals surface area contributed by atoms with Crippen LogP contribution in [0.4, 0.5) is 0 Å². The van der Waals surface area contributed by atoms with Crippen molar-refractivity contribution in [3.05, 3.63) is 29.8 Å². The Labute approximate surface area is 122 Å². The zero-order valence-corrected chi connectivity index (χ0v) is 13.2. The molecule has 0 fully saturated rings. The number of benzene rings is 1. The topological polar surface area (TPSA) is 48.6 Å². The maximum atomic E-state index is 5.33. The number of ether oxygens (including phenoxy) is 1. The zero-order chi connectivity index (χ0) is 15.0. The van der Waals surface area contributed by atoms with Crippen LogP contribution in [0.2, 0.25) is 0 Å². The van der Waals surface area contributed by atoms with Crippen molar-refractivity contribution in [2.75, 3.05) is 34.8 Å². The van der Waals surface area contributed by atoms with Gasteiger partial charge in [0.2, 0.25) is 0 Å². The molecule has 1 rings (SSSR count). The minimum Gasteiger partial charge on any atom is -0.497 e. The molecular weight excluding hydrogens is 252 g/mol. The van der Waals surface area contributed by atoms with Crippen molar-refractivity contribution in [1.82, 2.24) is 21.3 Å². The first kappa shape index (κ1) is 16.9. The Balaban J connectivity index is 2.89. The van der Waals surface area contributed by atoms with Crippen LogP contribution in [0, 0.1) is 0 Å². The van der Waals surface area contributed by atoms with Crippen molar-refractivity contribution in [1.29, 1.82) is 0 Å². The second kappa shape index (κ2) is 8.92. The second-order valence-corrected chi connectivity index (χ2v) is 4.74. The molecule has 1 aromatic rings. The Morgan fingerprint density at radius 1 is 1.20 bits per heavy atom. The first-order valence-corrected chi connectivity index (χ1v) is 7.13. The molecule has 0 aliphatic rings. The highest BCUT2D eigenvalue weighted by atomic mass is 16.5. The van der Waals surface area contributed by atoms with Gasteiger partial charge in [0.1, 0.15) is 5.75 Å². The highest BCUT2D eigenvalue weighted by Gasteiger charge is 2.22. The number of hydrazine groups is 2. The molecule has 0 heterocycles. The highest BCUT2D eigenvalue weighted by molar-refractivity contribution is 5.31. The van der Waals surface area contributed by atoms with E-state index < -0.39 is 0 Å². The molecule has 0 amide bonds. The molecule has 1 aromatic carbocycles. The Morgan fingerprint density at radius 3 is 2.40 bits per heavy atom. The van der Waals surface area contributed by atoms with E-state index in [-0.39, 0.29) is 0 Å². The average molecular weight is 280 g/mol. The van der Waals surface area contributed by atoms with Crippen LogP contribution in [0.5, 0.6) is 5.75 Å². The number of nitrogens with one attached hydrogen (secondary N) is 3. The molecule has 2 atom stereocenters. The molecule has 3 N–H and O–H groups in total. The summed E-state index contributed by atoms with van der Waals surface area (Å²) in [6.07, 6.45) is 1.07. The van der Waals surface area contributed by atoms with Crippen molar-refractivity contribution < 1.29 is 4.74 Å². The third kappa shape index (κ3) is 4.45. The zero-order valence-electron chi connectivity index (χ0n) is 13.2. The molecule has 0 aliphatic heterocycles. The molecule has 0 saturated heterocycles. The first-order chi connectivity index (χ1) is 9.69. The molecule has 0 saturated carbocycles. The van der Waals surface area contributed by atoms with Crippen LogP contribution >= 0.6 is 0 Å². The summed E-state index contributed by atoms with van der Waals surface area (Å²) in [5.74, 6) is 1.34. The van der Waals surface area contributed by atoms with E-state index >= 15 is 0 Å². The summed E-state index contributed by atoms with van der Waals surface area (Å²) in [7, 11) is 7.54. The molecule has 20 heavy (non-hydrogen) atoms. The normalized spacial score (nSPS) is 14.3. The predicted octanol–water partition coefficient (Wildman–Crippen LogP) is 1.35. The van der Waals surface area contributed by atoms with Gasteiger partial charge in [-0.2, -0.15) is 5.12 Å². The molecular formula is C15H28N4O. The van der Waals surface area contributed by atoms with E-state index in [0.29, 0.717) is 12.0 Å². The van der Waals surface area contributed by atoms with Gasteiger partial charge in [0, 0.05) is 32.6 Å². The largest absolute Gasteiger partial charge is 0.497 e. The van der Waals surface area contributed by atoms with E-state index in [9.17, 15) is 0 Å². The summed E-state index contributed by atoms with van der Waals surface area (Å²) in [6, 6.07) is 8.67.